The molecule has 0 aromatic carbocycles. The minimum atomic E-state index is -0.710. The van der Waals surface area contributed by atoms with Gasteiger partial charge in [0.2, 0.25) is 0 Å². The summed E-state index contributed by atoms with van der Waals surface area (Å²) in [7, 11) is 1.90. The zero-order valence-electron chi connectivity index (χ0n) is 14.3. The maximum Gasteiger partial charge on any atom is 0.256 e. The first-order valence-corrected chi connectivity index (χ1v) is 7.61. The Labute approximate surface area is 123 Å². The van der Waals surface area contributed by atoms with Crippen LogP contribution in [-0.2, 0) is 9.53 Å². The molecule has 1 amide bonds. The van der Waals surface area contributed by atoms with Crippen LogP contribution in [0.4, 0.5) is 0 Å². The van der Waals surface area contributed by atoms with Gasteiger partial charge in [-0.1, -0.05) is 13.8 Å². The number of ether oxygens (including phenoxy) is 1. The van der Waals surface area contributed by atoms with E-state index >= 15 is 0 Å². The van der Waals surface area contributed by atoms with Crippen LogP contribution in [-0.4, -0.2) is 40.3 Å². The van der Waals surface area contributed by atoms with Gasteiger partial charge in [0, 0.05) is 31.0 Å². The van der Waals surface area contributed by atoms with Crippen LogP contribution in [0, 0.1) is 5.92 Å². The Morgan fingerprint density at radius 2 is 1.55 bits per heavy atom. The van der Waals surface area contributed by atoms with Gasteiger partial charge in [0.1, 0.15) is 11.3 Å². The van der Waals surface area contributed by atoms with E-state index in [0.717, 1.165) is 12.8 Å². The molecule has 1 atom stereocenters. The van der Waals surface area contributed by atoms with E-state index in [2.05, 4.69) is 46.9 Å². The van der Waals surface area contributed by atoms with Gasteiger partial charge in [-0.25, -0.2) is 0 Å². The zero-order valence-corrected chi connectivity index (χ0v) is 14.3. The monoisotopic (exact) mass is 282 g/mol. The third-order valence-corrected chi connectivity index (χ3v) is 4.96. The summed E-state index contributed by atoms with van der Waals surface area (Å²) < 4.78 is 6.47. The molecule has 116 valence electrons. The van der Waals surface area contributed by atoms with E-state index < -0.39 is 11.3 Å². The van der Waals surface area contributed by atoms with Gasteiger partial charge in [-0.2, -0.15) is 0 Å². The Bertz CT molecular complexity index is 412. The zero-order chi connectivity index (χ0) is 15.6. The number of likely N-dealkylation sites (N-methyl/N-ethyl adjacent to an activating group) is 1. The number of rotatable bonds is 1. The second-order valence-electron chi connectivity index (χ2n) is 8.42. The predicted molar refractivity (Wildman–Crippen MR) is 80.4 cm³/mol. The molecular formula is C16H30N2O2. The molecule has 2 aliphatic rings. The lowest BCUT2D eigenvalue weighted by molar-refractivity contribution is -0.185. The Morgan fingerprint density at radius 3 is 1.90 bits per heavy atom. The van der Waals surface area contributed by atoms with E-state index in [1.807, 2.05) is 18.9 Å². The Kier molecular flexibility index (Phi) is 3.31. The Morgan fingerprint density at radius 1 is 1.10 bits per heavy atom. The summed E-state index contributed by atoms with van der Waals surface area (Å²) in [6, 6.07) is 0. The number of hydrogen-bond acceptors (Lipinski definition) is 3. The number of nitrogens with one attached hydrogen (secondary N) is 1. The van der Waals surface area contributed by atoms with Gasteiger partial charge in [-0.3, -0.25) is 4.79 Å². The highest BCUT2D eigenvalue weighted by molar-refractivity contribution is 5.87. The van der Waals surface area contributed by atoms with E-state index in [1.54, 1.807) is 0 Å². The summed E-state index contributed by atoms with van der Waals surface area (Å²) in [6.07, 6.45) is 1.63. The molecule has 1 N–H and O–H groups in total. The van der Waals surface area contributed by atoms with Crippen LogP contribution in [0.3, 0.4) is 0 Å². The molecule has 2 rings (SSSR count). The number of carbonyl (C=O) groups is 1. The van der Waals surface area contributed by atoms with Crippen molar-refractivity contribution in [2.75, 3.05) is 7.05 Å². The Balaban J connectivity index is 2.43. The second-order valence-corrected chi connectivity index (χ2v) is 8.42. The van der Waals surface area contributed by atoms with E-state index in [4.69, 9.17) is 4.74 Å². The van der Waals surface area contributed by atoms with Gasteiger partial charge < -0.3 is 15.0 Å². The first kappa shape index (κ1) is 15.8. The number of carbonyl (C=O) groups excluding carboxylic acids is 1. The molecule has 1 unspecified atom stereocenters. The summed E-state index contributed by atoms with van der Waals surface area (Å²) in [6.45, 7) is 14.8. The summed E-state index contributed by atoms with van der Waals surface area (Å²) in [5, 5.41) is 3.66. The van der Waals surface area contributed by atoms with Crippen LogP contribution in [0.1, 0.15) is 61.3 Å². The molecule has 1 spiro atoms. The second kappa shape index (κ2) is 4.20. The molecule has 0 radical (unpaired) electrons. The van der Waals surface area contributed by atoms with Crippen molar-refractivity contribution < 1.29 is 9.53 Å². The molecule has 4 nitrogen and oxygen atoms in total. The third-order valence-electron chi connectivity index (χ3n) is 4.96. The first-order chi connectivity index (χ1) is 8.84. The fraction of sp³-hybridized carbons (Fsp3) is 0.938. The van der Waals surface area contributed by atoms with Crippen LogP contribution in [0.15, 0.2) is 0 Å². The molecule has 20 heavy (non-hydrogen) atoms. The number of hydrogen-bond donors (Lipinski definition) is 1. The van der Waals surface area contributed by atoms with Crippen molar-refractivity contribution in [2.45, 2.75) is 83.7 Å². The summed E-state index contributed by atoms with van der Waals surface area (Å²) in [5.41, 5.74) is -1.32. The quantitative estimate of drug-likeness (QED) is 0.803. The van der Waals surface area contributed by atoms with Crippen LogP contribution in [0.2, 0.25) is 0 Å². The largest absolute Gasteiger partial charge is 0.339 e. The summed E-state index contributed by atoms with van der Waals surface area (Å²) in [5.74, 6) is 0.277. The molecule has 2 saturated heterocycles. The van der Waals surface area contributed by atoms with Crippen molar-refractivity contribution >= 4 is 5.91 Å². The van der Waals surface area contributed by atoms with Crippen LogP contribution >= 0.6 is 0 Å². The normalized spacial score (nSPS) is 35.0. The number of amides is 1. The fourth-order valence-corrected chi connectivity index (χ4v) is 4.15. The minimum absolute atomic E-state index is 0.0570. The van der Waals surface area contributed by atoms with E-state index in [0.29, 0.717) is 0 Å². The molecule has 2 heterocycles. The van der Waals surface area contributed by atoms with Crippen LogP contribution in [0.25, 0.3) is 0 Å². The third kappa shape index (κ3) is 2.27. The van der Waals surface area contributed by atoms with Gasteiger partial charge >= 0.3 is 0 Å². The van der Waals surface area contributed by atoms with E-state index in [1.165, 1.54) is 0 Å². The van der Waals surface area contributed by atoms with Crippen LogP contribution in [0.5, 0.6) is 0 Å². The minimum Gasteiger partial charge on any atom is -0.339 e. The van der Waals surface area contributed by atoms with Gasteiger partial charge in [0.15, 0.2) is 0 Å². The van der Waals surface area contributed by atoms with Crippen molar-refractivity contribution in [1.29, 1.82) is 0 Å². The van der Waals surface area contributed by atoms with Crippen molar-refractivity contribution in [1.82, 2.24) is 10.2 Å². The first-order valence-electron chi connectivity index (χ1n) is 7.61. The van der Waals surface area contributed by atoms with Gasteiger partial charge in [-0.15, -0.1) is 0 Å². The van der Waals surface area contributed by atoms with Gasteiger partial charge in [0.25, 0.3) is 5.91 Å². The van der Waals surface area contributed by atoms with Crippen molar-refractivity contribution in [2.24, 2.45) is 5.92 Å². The Hall–Kier alpha value is -0.610. The molecule has 2 fully saturated rings. The van der Waals surface area contributed by atoms with E-state index in [9.17, 15) is 4.79 Å². The van der Waals surface area contributed by atoms with Crippen molar-refractivity contribution in [3.8, 4) is 0 Å². The number of nitrogens with zero attached hydrogens (tertiary/aromatic N) is 1. The topological polar surface area (TPSA) is 41.6 Å². The van der Waals surface area contributed by atoms with Crippen molar-refractivity contribution in [3.63, 3.8) is 0 Å². The fourth-order valence-electron chi connectivity index (χ4n) is 4.15. The highest BCUT2D eigenvalue weighted by atomic mass is 16.6. The summed E-state index contributed by atoms with van der Waals surface area (Å²) in [4.78, 5) is 14.6. The maximum absolute atomic E-state index is 12.7. The highest BCUT2D eigenvalue weighted by Gasteiger charge is 2.62. The molecule has 0 bridgehead atoms. The molecule has 0 aliphatic carbocycles. The highest BCUT2D eigenvalue weighted by Crippen LogP contribution is 2.48. The van der Waals surface area contributed by atoms with Gasteiger partial charge in [0.05, 0.1) is 0 Å². The van der Waals surface area contributed by atoms with Crippen molar-refractivity contribution in [3.05, 3.63) is 0 Å². The average Bonchev–Trinajstić information content (AvgIpc) is 2.37. The summed E-state index contributed by atoms with van der Waals surface area (Å²) >= 11 is 0. The smallest absolute Gasteiger partial charge is 0.256 e. The molecule has 2 aliphatic heterocycles. The number of piperidine rings is 1. The van der Waals surface area contributed by atoms with E-state index in [-0.39, 0.29) is 22.9 Å². The molecular weight excluding hydrogens is 252 g/mol. The SMILES string of the molecule is CC(C)C1(C)OC2(CC(C)(C)NC(C)(C)C2)N(C)C1=O. The lowest BCUT2D eigenvalue weighted by Crippen LogP contribution is -2.66. The maximum atomic E-state index is 12.7. The predicted octanol–water partition coefficient (Wildman–Crippen LogP) is 2.53. The van der Waals surface area contributed by atoms with Gasteiger partial charge in [-0.05, 0) is 40.5 Å². The molecule has 0 aromatic rings. The standard InChI is InChI=1S/C16H30N2O2/c1-11(2)15(7)12(19)18(8)16(20-15)9-13(3,4)17-14(5,6)10-16/h11,17H,9-10H2,1-8H3. The molecule has 4 heteroatoms. The molecule has 0 aromatic heterocycles. The lowest BCUT2D eigenvalue weighted by atomic mass is 9.77. The molecule has 0 saturated carbocycles. The van der Waals surface area contributed by atoms with Crippen LogP contribution < -0.4 is 5.32 Å². The lowest BCUT2D eigenvalue weighted by Gasteiger charge is -2.53. The average molecular weight is 282 g/mol.